The SMILES string of the molecule is COC(=O)c1ccccc1N(F)S(=O)(=O)c1ccc2c(c1)C(=O)OC2F. The standard InChI is InChI=1S/C16H11F2NO6S/c1-24-15(20)11-4-2-3-5-13(11)19(18)26(22,23)9-6-7-10-12(8-9)16(21)25-14(10)17/h2-8,14H,1H3. The summed E-state index contributed by atoms with van der Waals surface area (Å²) in [6.07, 6.45) is -2.00. The molecule has 1 heterocycles. The van der Waals surface area contributed by atoms with Crippen molar-refractivity contribution in [3.8, 4) is 0 Å². The molecule has 0 fully saturated rings. The summed E-state index contributed by atoms with van der Waals surface area (Å²) in [5, 5.41) is 0. The number of hydrogen-bond acceptors (Lipinski definition) is 6. The van der Waals surface area contributed by atoms with E-state index < -0.39 is 43.4 Å². The number of benzene rings is 2. The van der Waals surface area contributed by atoms with Crippen LogP contribution in [0.15, 0.2) is 47.4 Å². The normalized spacial score (nSPS) is 16.0. The highest BCUT2D eigenvalue weighted by Crippen LogP contribution is 2.35. The van der Waals surface area contributed by atoms with E-state index in [0.717, 1.165) is 31.4 Å². The summed E-state index contributed by atoms with van der Waals surface area (Å²) in [6, 6.07) is 7.79. The number of methoxy groups -OCH3 is 1. The summed E-state index contributed by atoms with van der Waals surface area (Å²) in [4.78, 5) is 22.7. The number of nitrogens with zero attached hydrogens (tertiary/aromatic N) is 1. The van der Waals surface area contributed by atoms with E-state index in [1.807, 2.05) is 0 Å². The van der Waals surface area contributed by atoms with Crippen molar-refractivity contribution in [3.05, 3.63) is 59.2 Å². The minimum atomic E-state index is -4.79. The van der Waals surface area contributed by atoms with Gasteiger partial charge in [-0.05, 0) is 24.3 Å². The third-order valence-electron chi connectivity index (χ3n) is 3.71. The van der Waals surface area contributed by atoms with Crippen LogP contribution in [0.1, 0.15) is 32.6 Å². The van der Waals surface area contributed by atoms with Crippen molar-refractivity contribution in [2.24, 2.45) is 0 Å². The van der Waals surface area contributed by atoms with Gasteiger partial charge in [-0.25, -0.2) is 9.59 Å². The number of ether oxygens (including phenoxy) is 2. The van der Waals surface area contributed by atoms with Gasteiger partial charge in [0.25, 0.3) is 16.4 Å². The maximum Gasteiger partial charge on any atom is 0.341 e. The van der Waals surface area contributed by atoms with E-state index in [1.165, 1.54) is 18.2 Å². The van der Waals surface area contributed by atoms with E-state index in [0.29, 0.717) is 0 Å². The molecule has 1 unspecified atom stereocenters. The highest BCUT2D eigenvalue weighted by molar-refractivity contribution is 7.92. The van der Waals surface area contributed by atoms with Gasteiger partial charge in [0.1, 0.15) is 5.69 Å². The minimum absolute atomic E-state index is 0.144. The van der Waals surface area contributed by atoms with Crippen LogP contribution in [0, 0.1) is 0 Å². The first-order valence-corrected chi connectivity index (χ1v) is 8.59. The Morgan fingerprint density at radius 2 is 1.92 bits per heavy atom. The van der Waals surface area contributed by atoms with Gasteiger partial charge >= 0.3 is 11.9 Å². The predicted octanol–water partition coefficient (Wildman–Crippen LogP) is 2.69. The average Bonchev–Trinajstić information content (AvgIpc) is 2.94. The van der Waals surface area contributed by atoms with Crippen molar-refractivity contribution >= 4 is 27.6 Å². The predicted molar refractivity (Wildman–Crippen MR) is 84.3 cm³/mol. The molecule has 0 amide bonds. The number of esters is 2. The number of fused-ring (bicyclic) bond motifs is 1. The second-order valence-corrected chi connectivity index (χ2v) is 6.94. The summed E-state index contributed by atoms with van der Waals surface area (Å²) in [7, 11) is -3.72. The van der Waals surface area contributed by atoms with Crippen molar-refractivity contribution in [3.63, 3.8) is 0 Å². The van der Waals surface area contributed by atoms with Gasteiger partial charge in [0.05, 0.1) is 23.1 Å². The highest BCUT2D eigenvalue weighted by Gasteiger charge is 2.35. The van der Waals surface area contributed by atoms with Crippen LogP contribution in [0.25, 0.3) is 0 Å². The molecule has 1 aliphatic heterocycles. The van der Waals surface area contributed by atoms with Crippen molar-refractivity contribution < 1.29 is 36.4 Å². The molecule has 7 nitrogen and oxygen atoms in total. The van der Waals surface area contributed by atoms with E-state index >= 15 is 0 Å². The van der Waals surface area contributed by atoms with Crippen LogP contribution >= 0.6 is 0 Å². The number of hydrogen-bond donors (Lipinski definition) is 0. The smallest absolute Gasteiger partial charge is 0.341 e. The molecule has 0 radical (unpaired) electrons. The summed E-state index contributed by atoms with van der Waals surface area (Å²) < 4.78 is 61.5. The van der Waals surface area contributed by atoms with Crippen molar-refractivity contribution in [2.45, 2.75) is 11.3 Å². The Morgan fingerprint density at radius 1 is 1.23 bits per heavy atom. The van der Waals surface area contributed by atoms with Crippen LogP contribution in [0.3, 0.4) is 0 Å². The van der Waals surface area contributed by atoms with Gasteiger partial charge in [-0.3, -0.25) is 0 Å². The van der Waals surface area contributed by atoms with Crippen LogP contribution in [0.2, 0.25) is 0 Å². The lowest BCUT2D eigenvalue weighted by molar-refractivity contribution is -0.00369. The molecule has 0 saturated carbocycles. The van der Waals surface area contributed by atoms with E-state index in [-0.39, 0.29) is 16.7 Å². The molecule has 2 aromatic rings. The fraction of sp³-hybridized carbons (Fsp3) is 0.125. The number of cyclic esters (lactones) is 1. The number of halogens is 2. The molecule has 0 aromatic heterocycles. The van der Waals surface area contributed by atoms with Gasteiger partial charge in [0, 0.05) is 5.56 Å². The topological polar surface area (TPSA) is 90.0 Å². The van der Waals surface area contributed by atoms with Crippen LogP contribution in [-0.2, 0) is 19.5 Å². The molecule has 10 heteroatoms. The lowest BCUT2D eigenvalue weighted by Crippen LogP contribution is -2.24. The quantitative estimate of drug-likeness (QED) is 0.596. The molecule has 1 aliphatic rings. The third kappa shape index (κ3) is 2.77. The number of rotatable bonds is 4. The Balaban J connectivity index is 2.06. The highest BCUT2D eigenvalue weighted by atomic mass is 32.2. The van der Waals surface area contributed by atoms with Gasteiger partial charge < -0.3 is 9.47 Å². The van der Waals surface area contributed by atoms with Gasteiger partial charge in [-0.15, -0.1) is 0 Å². The van der Waals surface area contributed by atoms with Crippen molar-refractivity contribution in [2.75, 3.05) is 11.6 Å². The summed E-state index contributed by atoms with van der Waals surface area (Å²) in [5.41, 5.74) is -1.33. The van der Waals surface area contributed by atoms with Gasteiger partial charge in [0.15, 0.2) is 0 Å². The number of sulfonamides is 1. The Labute approximate surface area is 146 Å². The Kier molecular flexibility index (Phi) is 4.36. The van der Waals surface area contributed by atoms with E-state index in [1.54, 1.807) is 0 Å². The average molecular weight is 383 g/mol. The Bertz CT molecular complexity index is 1010. The molecule has 2 aromatic carbocycles. The molecule has 0 aliphatic carbocycles. The molecule has 1 atom stereocenters. The van der Waals surface area contributed by atoms with Crippen LogP contribution in [-0.4, -0.2) is 27.5 Å². The van der Waals surface area contributed by atoms with Crippen LogP contribution in [0.4, 0.5) is 14.6 Å². The zero-order valence-corrected chi connectivity index (χ0v) is 14.0. The van der Waals surface area contributed by atoms with Crippen molar-refractivity contribution in [1.82, 2.24) is 0 Å². The molecule has 0 N–H and O–H groups in total. The second-order valence-electron chi connectivity index (χ2n) is 5.20. The number of anilines is 1. The largest absolute Gasteiger partial charge is 0.465 e. The summed E-state index contributed by atoms with van der Waals surface area (Å²) in [6.45, 7) is 0. The molecule has 0 saturated heterocycles. The Morgan fingerprint density at radius 3 is 2.62 bits per heavy atom. The molecule has 0 spiro atoms. The molecule has 3 rings (SSSR count). The minimum Gasteiger partial charge on any atom is -0.465 e. The molecular formula is C16H11F2NO6S. The lowest BCUT2D eigenvalue weighted by Gasteiger charge is -2.17. The van der Waals surface area contributed by atoms with Gasteiger partial charge in [0.2, 0.25) is 0 Å². The monoisotopic (exact) mass is 383 g/mol. The maximum absolute atomic E-state index is 14.7. The second kappa shape index (κ2) is 6.37. The lowest BCUT2D eigenvalue weighted by atomic mass is 10.1. The number of alkyl halides is 1. The van der Waals surface area contributed by atoms with Crippen molar-refractivity contribution in [1.29, 1.82) is 0 Å². The molecular weight excluding hydrogens is 372 g/mol. The van der Waals surface area contributed by atoms with E-state index in [9.17, 15) is 26.9 Å². The van der Waals surface area contributed by atoms with Gasteiger partial charge in [-0.1, -0.05) is 27.2 Å². The molecule has 136 valence electrons. The zero-order chi connectivity index (χ0) is 19.1. The zero-order valence-electron chi connectivity index (χ0n) is 13.2. The first-order valence-electron chi connectivity index (χ1n) is 7.15. The molecule has 26 heavy (non-hydrogen) atoms. The fourth-order valence-electron chi connectivity index (χ4n) is 2.42. The maximum atomic E-state index is 14.7. The first kappa shape index (κ1) is 17.8. The fourth-order valence-corrected chi connectivity index (χ4v) is 3.53. The number of carbonyl (C=O) groups is 2. The summed E-state index contributed by atoms with van der Waals surface area (Å²) in [5.74, 6) is -1.99. The van der Waals surface area contributed by atoms with E-state index in [4.69, 9.17) is 0 Å². The first-order chi connectivity index (χ1) is 12.3. The van der Waals surface area contributed by atoms with Crippen LogP contribution in [0.5, 0.6) is 0 Å². The number of carbonyl (C=O) groups excluding carboxylic acids is 2. The summed E-state index contributed by atoms with van der Waals surface area (Å²) >= 11 is 0. The Hall–Kier alpha value is -3.01. The molecule has 0 bridgehead atoms. The van der Waals surface area contributed by atoms with Gasteiger partial charge in [-0.2, -0.15) is 12.8 Å². The van der Waals surface area contributed by atoms with Crippen LogP contribution < -0.4 is 4.53 Å². The number of para-hydroxylation sites is 1. The van der Waals surface area contributed by atoms with E-state index in [2.05, 4.69) is 9.47 Å². The third-order valence-corrected chi connectivity index (χ3v) is 5.18.